The Hall–Kier alpha value is -0.510. The summed E-state index contributed by atoms with van der Waals surface area (Å²) in [5, 5.41) is 3.48. The van der Waals surface area contributed by atoms with Crippen LogP contribution in [0.3, 0.4) is 0 Å². The Bertz CT molecular complexity index is 388. The van der Waals surface area contributed by atoms with Crippen LogP contribution in [0.5, 0.6) is 0 Å². The van der Waals surface area contributed by atoms with E-state index in [9.17, 15) is 0 Å². The van der Waals surface area contributed by atoms with E-state index < -0.39 is 0 Å². The third-order valence-corrected chi connectivity index (χ3v) is 4.97. The van der Waals surface area contributed by atoms with Gasteiger partial charge in [0.25, 0.3) is 0 Å². The van der Waals surface area contributed by atoms with Gasteiger partial charge < -0.3 is 10.2 Å². The van der Waals surface area contributed by atoms with E-state index in [-0.39, 0.29) is 0 Å². The number of hydrogen-bond donors (Lipinski definition) is 1. The van der Waals surface area contributed by atoms with Crippen LogP contribution in [-0.2, 0) is 0 Å². The van der Waals surface area contributed by atoms with Gasteiger partial charge in [-0.1, -0.05) is 25.5 Å². The van der Waals surface area contributed by atoms with Crippen molar-refractivity contribution in [2.75, 3.05) is 31.9 Å². The Morgan fingerprint density at radius 1 is 1.25 bits per heavy atom. The summed E-state index contributed by atoms with van der Waals surface area (Å²) in [4.78, 5) is 4.02. The minimum Gasteiger partial charge on any atom is -0.310 e. The number of likely N-dealkylation sites (tertiary alicyclic amines) is 1. The van der Waals surface area contributed by atoms with Crippen molar-refractivity contribution in [3.05, 3.63) is 29.8 Å². The minimum absolute atomic E-state index is 0.447. The van der Waals surface area contributed by atoms with Gasteiger partial charge in [0.05, 0.1) is 0 Å². The van der Waals surface area contributed by atoms with Crippen molar-refractivity contribution in [2.24, 2.45) is 0 Å². The summed E-state index contributed by atoms with van der Waals surface area (Å²) in [6.45, 7) is 9.26. The van der Waals surface area contributed by atoms with Gasteiger partial charge in [-0.15, -0.1) is 11.8 Å². The average molecular weight is 292 g/mol. The molecule has 1 atom stereocenters. The number of nitrogens with zero attached hydrogens (tertiary/aromatic N) is 1. The number of nitrogens with one attached hydrogen (secondary N) is 1. The van der Waals surface area contributed by atoms with Crippen LogP contribution < -0.4 is 5.32 Å². The Morgan fingerprint density at radius 3 is 2.80 bits per heavy atom. The van der Waals surface area contributed by atoms with E-state index in [2.05, 4.69) is 48.3 Å². The molecular formula is C17H28N2S. The second-order valence-corrected chi connectivity index (χ2v) is 6.77. The molecule has 1 fully saturated rings. The van der Waals surface area contributed by atoms with Gasteiger partial charge in [-0.25, -0.2) is 0 Å². The first-order valence-electron chi connectivity index (χ1n) is 7.98. The zero-order valence-corrected chi connectivity index (χ0v) is 13.7. The first-order chi connectivity index (χ1) is 9.79. The molecule has 1 aromatic carbocycles. The third-order valence-electron chi connectivity index (χ3n) is 3.99. The molecular weight excluding hydrogens is 264 g/mol. The Labute approximate surface area is 128 Å². The second kappa shape index (κ2) is 8.71. The van der Waals surface area contributed by atoms with E-state index in [1.165, 1.54) is 55.1 Å². The van der Waals surface area contributed by atoms with Crippen molar-refractivity contribution in [1.29, 1.82) is 0 Å². The average Bonchev–Trinajstić information content (AvgIpc) is 2.49. The Balaban J connectivity index is 1.78. The van der Waals surface area contributed by atoms with Crippen LogP contribution in [0, 0.1) is 0 Å². The topological polar surface area (TPSA) is 15.3 Å². The highest BCUT2D eigenvalue weighted by Crippen LogP contribution is 2.22. The van der Waals surface area contributed by atoms with Crippen LogP contribution in [0.1, 0.15) is 44.7 Å². The van der Waals surface area contributed by atoms with E-state index in [0.717, 1.165) is 6.54 Å². The molecule has 2 rings (SSSR count). The molecule has 1 aliphatic heterocycles. The SMILES string of the molecule is CCNC(C)c1cccc(SCCN2CCCCC2)c1. The van der Waals surface area contributed by atoms with Crippen LogP contribution in [0.15, 0.2) is 29.2 Å². The third kappa shape index (κ3) is 5.12. The smallest absolute Gasteiger partial charge is 0.0292 e. The summed E-state index contributed by atoms with van der Waals surface area (Å²) in [6, 6.07) is 9.44. The van der Waals surface area contributed by atoms with Crippen molar-refractivity contribution in [3.8, 4) is 0 Å². The predicted octanol–water partition coefficient (Wildman–Crippen LogP) is 3.94. The van der Waals surface area contributed by atoms with E-state index in [4.69, 9.17) is 0 Å². The minimum atomic E-state index is 0.447. The number of piperidine rings is 1. The fourth-order valence-electron chi connectivity index (χ4n) is 2.77. The maximum absolute atomic E-state index is 3.48. The molecule has 0 aliphatic carbocycles. The van der Waals surface area contributed by atoms with E-state index in [0.29, 0.717) is 6.04 Å². The molecule has 20 heavy (non-hydrogen) atoms. The van der Waals surface area contributed by atoms with Crippen molar-refractivity contribution in [3.63, 3.8) is 0 Å². The molecule has 1 aromatic rings. The predicted molar refractivity (Wildman–Crippen MR) is 89.5 cm³/mol. The van der Waals surface area contributed by atoms with Gasteiger partial charge in [0.15, 0.2) is 0 Å². The lowest BCUT2D eigenvalue weighted by atomic mass is 10.1. The van der Waals surface area contributed by atoms with Crippen LogP contribution in [0.2, 0.25) is 0 Å². The van der Waals surface area contributed by atoms with Crippen molar-refractivity contribution < 1.29 is 0 Å². The summed E-state index contributed by atoms with van der Waals surface area (Å²) >= 11 is 1.99. The molecule has 1 saturated heterocycles. The highest BCUT2D eigenvalue weighted by molar-refractivity contribution is 7.99. The fourth-order valence-corrected chi connectivity index (χ4v) is 3.75. The van der Waals surface area contributed by atoms with Gasteiger partial charge in [-0.3, -0.25) is 0 Å². The Kier molecular flexibility index (Phi) is 6.91. The van der Waals surface area contributed by atoms with Crippen molar-refractivity contribution in [1.82, 2.24) is 10.2 Å². The molecule has 0 bridgehead atoms. The monoisotopic (exact) mass is 292 g/mol. The quantitative estimate of drug-likeness (QED) is 0.766. The largest absolute Gasteiger partial charge is 0.310 e. The summed E-state index contributed by atoms with van der Waals surface area (Å²) in [6.07, 6.45) is 4.20. The molecule has 1 N–H and O–H groups in total. The molecule has 1 unspecified atom stereocenters. The van der Waals surface area contributed by atoms with Crippen LogP contribution in [0.25, 0.3) is 0 Å². The van der Waals surface area contributed by atoms with E-state index in [1.807, 2.05) is 11.8 Å². The van der Waals surface area contributed by atoms with E-state index in [1.54, 1.807) is 0 Å². The van der Waals surface area contributed by atoms with Gasteiger partial charge in [-0.2, -0.15) is 0 Å². The lowest BCUT2D eigenvalue weighted by molar-refractivity contribution is 0.242. The lowest BCUT2D eigenvalue weighted by Crippen LogP contribution is -2.31. The zero-order valence-electron chi connectivity index (χ0n) is 12.9. The fraction of sp³-hybridized carbons (Fsp3) is 0.647. The Morgan fingerprint density at radius 2 is 2.05 bits per heavy atom. The van der Waals surface area contributed by atoms with Crippen molar-refractivity contribution in [2.45, 2.75) is 44.0 Å². The molecule has 0 saturated carbocycles. The summed E-state index contributed by atoms with van der Waals surface area (Å²) in [5.41, 5.74) is 1.40. The van der Waals surface area contributed by atoms with Gasteiger partial charge in [0, 0.05) is 23.2 Å². The molecule has 3 heteroatoms. The van der Waals surface area contributed by atoms with Crippen LogP contribution in [0.4, 0.5) is 0 Å². The maximum atomic E-state index is 3.48. The molecule has 1 aliphatic rings. The number of benzene rings is 1. The number of hydrogen-bond acceptors (Lipinski definition) is 3. The van der Waals surface area contributed by atoms with Crippen LogP contribution in [-0.4, -0.2) is 36.8 Å². The first-order valence-corrected chi connectivity index (χ1v) is 8.96. The van der Waals surface area contributed by atoms with Crippen LogP contribution >= 0.6 is 11.8 Å². The van der Waals surface area contributed by atoms with Gasteiger partial charge >= 0.3 is 0 Å². The molecule has 0 spiro atoms. The summed E-state index contributed by atoms with van der Waals surface area (Å²) < 4.78 is 0. The molecule has 0 aromatic heterocycles. The summed E-state index contributed by atoms with van der Waals surface area (Å²) in [7, 11) is 0. The van der Waals surface area contributed by atoms with Gasteiger partial charge in [0.1, 0.15) is 0 Å². The number of thioether (sulfide) groups is 1. The highest BCUT2D eigenvalue weighted by Gasteiger charge is 2.09. The van der Waals surface area contributed by atoms with Gasteiger partial charge in [0.2, 0.25) is 0 Å². The molecule has 0 amide bonds. The first kappa shape index (κ1) is 15.9. The van der Waals surface area contributed by atoms with E-state index >= 15 is 0 Å². The second-order valence-electron chi connectivity index (χ2n) is 5.60. The zero-order chi connectivity index (χ0) is 14.2. The molecule has 1 heterocycles. The maximum Gasteiger partial charge on any atom is 0.0292 e. The van der Waals surface area contributed by atoms with Crippen molar-refractivity contribution >= 4 is 11.8 Å². The number of rotatable bonds is 7. The lowest BCUT2D eigenvalue weighted by Gasteiger charge is -2.26. The normalized spacial score (nSPS) is 18.1. The molecule has 0 radical (unpaired) electrons. The highest BCUT2D eigenvalue weighted by atomic mass is 32.2. The molecule has 2 nitrogen and oxygen atoms in total. The standard InChI is InChI=1S/C17H28N2S/c1-3-18-15(2)16-8-7-9-17(14-16)20-13-12-19-10-5-4-6-11-19/h7-9,14-15,18H,3-6,10-13H2,1-2H3. The molecule has 112 valence electrons. The summed E-state index contributed by atoms with van der Waals surface area (Å²) in [5.74, 6) is 1.21. The van der Waals surface area contributed by atoms with Gasteiger partial charge in [-0.05, 0) is 57.1 Å².